The van der Waals surface area contributed by atoms with Crippen LogP contribution in [0.3, 0.4) is 0 Å². The fourth-order valence-electron chi connectivity index (χ4n) is 1.32. The van der Waals surface area contributed by atoms with E-state index in [1.165, 1.54) is 12.1 Å². The van der Waals surface area contributed by atoms with Crippen LogP contribution in [0.4, 0.5) is 5.69 Å². The van der Waals surface area contributed by atoms with Crippen LogP contribution in [0.15, 0.2) is 24.3 Å². The highest BCUT2D eigenvalue weighted by atomic mass is 16.6. The van der Waals surface area contributed by atoms with Gasteiger partial charge in [-0.2, -0.15) is 0 Å². The Labute approximate surface area is 94.7 Å². The third-order valence-corrected chi connectivity index (χ3v) is 1.91. The van der Waals surface area contributed by atoms with E-state index in [9.17, 15) is 10.1 Å². The molecular weight excluding hydrogens is 206 g/mol. The second kappa shape index (κ2) is 5.30. The van der Waals surface area contributed by atoms with Crippen molar-refractivity contribution in [3.8, 4) is 5.75 Å². The normalized spacial score (nSPS) is 11.0. The van der Waals surface area contributed by atoms with Crippen LogP contribution in [0.2, 0.25) is 0 Å². The van der Waals surface area contributed by atoms with Gasteiger partial charge in [-0.1, -0.05) is 12.2 Å². The van der Waals surface area contributed by atoms with Crippen molar-refractivity contribution in [2.75, 3.05) is 0 Å². The quantitative estimate of drug-likeness (QED) is 0.578. The lowest BCUT2D eigenvalue weighted by atomic mass is 10.1. The van der Waals surface area contributed by atoms with Crippen LogP contribution in [-0.2, 0) is 0 Å². The molecule has 0 atom stereocenters. The number of ether oxygens (including phenoxy) is 1. The summed E-state index contributed by atoms with van der Waals surface area (Å²) in [6.45, 7) is 5.69. The van der Waals surface area contributed by atoms with Crippen LogP contribution in [0.1, 0.15) is 26.3 Å². The summed E-state index contributed by atoms with van der Waals surface area (Å²) in [5, 5.41) is 10.6. The van der Waals surface area contributed by atoms with Crippen LogP contribution in [-0.4, -0.2) is 11.0 Å². The minimum Gasteiger partial charge on any atom is -0.490 e. The highest BCUT2D eigenvalue weighted by Gasteiger charge is 2.10. The first-order valence-corrected chi connectivity index (χ1v) is 5.12. The first kappa shape index (κ1) is 12.2. The van der Waals surface area contributed by atoms with E-state index in [1.54, 1.807) is 12.1 Å². The molecule has 0 heterocycles. The third-order valence-electron chi connectivity index (χ3n) is 1.91. The molecule has 4 heteroatoms. The molecule has 0 radical (unpaired) electrons. The maximum atomic E-state index is 10.6. The smallest absolute Gasteiger partial charge is 0.270 e. The van der Waals surface area contributed by atoms with Gasteiger partial charge in [0.2, 0.25) is 0 Å². The summed E-state index contributed by atoms with van der Waals surface area (Å²) in [5.41, 5.74) is 0.801. The van der Waals surface area contributed by atoms with E-state index < -0.39 is 4.92 Å². The van der Waals surface area contributed by atoms with Gasteiger partial charge in [0.05, 0.1) is 11.0 Å². The van der Waals surface area contributed by atoms with Crippen molar-refractivity contribution in [3.63, 3.8) is 0 Å². The van der Waals surface area contributed by atoms with Crippen molar-refractivity contribution in [3.05, 3.63) is 40.0 Å². The Morgan fingerprint density at radius 2 is 2.12 bits per heavy atom. The molecule has 16 heavy (non-hydrogen) atoms. The molecule has 4 nitrogen and oxygen atoms in total. The molecule has 0 aliphatic rings. The van der Waals surface area contributed by atoms with Crippen LogP contribution in [0.25, 0.3) is 6.08 Å². The molecule has 86 valence electrons. The van der Waals surface area contributed by atoms with Gasteiger partial charge in [-0.25, -0.2) is 0 Å². The maximum Gasteiger partial charge on any atom is 0.270 e. The van der Waals surface area contributed by atoms with Gasteiger partial charge < -0.3 is 4.74 Å². The van der Waals surface area contributed by atoms with E-state index in [1.807, 2.05) is 26.8 Å². The molecule has 1 aromatic carbocycles. The van der Waals surface area contributed by atoms with Gasteiger partial charge in [-0.3, -0.25) is 10.1 Å². The third kappa shape index (κ3) is 3.08. The minimum absolute atomic E-state index is 0.0467. The number of nitrogens with zero attached hydrogens (tertiary/aromatic N) is 1. The summed E-state index contributed by atoms with van der Waals surface area (Å²) in [7, 11) is 0. The lowest BCUT2D eigenvalue weighted by Gasteiger charge is -2.12. The van der Waals surface area contributed by atoms with Gasteiger partial charge >= 0.3 is 0 Å². The van der Waals surface area contributed by atoms with Gasteiger partial charge in [0.15, 0.2) is 0 Å². The average molecular weight is 221 g/mol. The van der Waals surface area contributed by atoms with Crippen molar-refractivity contribution < 1.29 is 9.66 Å². The van der Waals surface area contributed by atoms with Gasteiger partial charge in [0.25, 0.3) is 5.69 Å². The Balaban J connectivity index is 3.13. The van der Waals surface area contributed by atoms with Crippen LogP contribution in [0, 0.1) is 10.1 Å². The average Bonchev–Trinajstić information content (AvgIpc) is 2.20. The van der Waals surface area contributed by atoms with Crippen LogP contribution >= 0.6 is 0 Å². The fraction of sp³-hybridized carbons (Fsp3) is 0.333. The van der Waals surface area contributed by atoms with E-state index in [0.717, 1.165) is 5.56 Å². The SMILES string of the molecule is CC=Cc1cc([N+](=O)[O-])ccc1OC(C)C. The molecule has 0 aliphatic heterocycles. The highest BCUT2D eigenvalue weighted by molar-refractivity contribution is 5.60. The molecule has 0 spiro atoms. The van der Waals surface area contributed by atoms with Gasteiger partial charge in [-0.15, -0.1) is 0 Å². The molecule has 0 bridgehead atoms. The van der Waals surface area contributed by atoms with Crippen LogP contribution < -0.4 is 4.74 Å². The first-order valence-electron chi connectivity index (χ1n) is 5.12. The second-order valence-electron chi connectivity index (χ2n) is 3.65. The molecule has 0 unspecified atom stereocenters. The number of nitro groups is 1. The Hall–Kier alpha value is -1.84. The number of rotatable bonds is 4. The van der Waals surface area contributed by atoms with Gasteiger partial charge in [0, 0.05) is 17.7 Å². The van der Waals surface area contributed by atoms with E-state index in [0.29, 0.717) is 5.75 Å². The summed E-state index contributed by atoms with van der Waals surface area (Å²) in [6, 6.07) is 4.59. The monoisotopic (exact) mass is 221 g/mol. The molecule has 0 N–H and O–H groups in total. The number of non-ortho nitro benzene ring substituents is 1. The van der Waals surface area contributed by atoms with Crippen molar-refractivity contribution >= 4 is 11.8 Å². The fourth-order valence-corrected chi connectivity index (χ4v) is 1.32. The lowest BCUT2D eigenvalue weighted by Crippen LogP contribution is -2.06. The van der Waals surface area contributed by atoms with Crippen LogP contribution in [0.5, 0.6) is 5.75 Å². The van der Waals surface area contributed by atoms with E-state index in [2.05, 4.69) is 0 Å². The Morgan fingerprint density at radius 3 is 2.62 bits per heavy atom. The number of hydrogen-bond acceptors (Lipinski definition) is 3. The molecule has 0 amide bonds. The summed E-state index contributed by atoms with van der Waals surface area (Å²) >= 11 is 0. The molecule has 1 aromatic rings. The Kier molecular flexibility index (Phi) is 4.05. The minimum atomic E-state index is -0.411. The van der Waals surface area contributed by atoms with Gasteiger partial charge in [-0.05, 0) is 26.8 Å². The predicted molar refractivity (Wildman–Crippen MR) is 63.6 cm³/mol. The van der Waals surface area contributed by atoms with E-state index in [4.69, 9.17) is 4.74 Å². The molecular formula is C12H15NO3. The summed E-state index contributed by atoms with van der Waals surface area (Å²) in [6.07, 6.45) is 3.67. The van der Waals surface area contributed by atoms with E-state index >= 15 is 0 Å². The Morgan fingerprint density at radius 1 is 1.44 bits per heavy atom. The highest BCUT2D eigenvalue weighted by Crippen LogP contribution is 2.26. The maximum absolute atomic E-state index is 10.6. The Bertz CT molecular complexity index is 411. The molecule has 0 saturated carbocycles. The van der Waals surface area contributed by atoms with Gasteiger partial charge in [0.1, 0.15) is 5.75 Å². The standard InChI is InChI=1S/C12H15NO3/c1-4-5-10-8-11(13(14)15)6-7-12(10)16-9(2)3/h4-9H,1-3H3. The molecule has 1 rings (SSSR count). The number of allylic oxidation sites excluding steroid dienone is 1. The van der Waals surface area contributed by atoms with Crippen molar-refractivity contribution in [2.45, 2.75) is 26.9 Å². The number of nitro benzene ring substituents is 1. The lowest BCUT2D eigenvalue weighted by molar-refractivity contribution is -0.384. The molecule has 0 saturated heterocycles. The predicted octanol–water partition coefficient (Wildman–Crippen LogP) is 3.42. The zero-order valence-electron chi connectivity index (χ0n) is 9.64. The first-order chi connectivity index (χ1) is 7.54. The number of hydrogen-bond donors (Lipinski definition) is 0. The van der Waals surface area contributed by atoms with E-state index in [-0.39, 0.29) is 11.8 Å². The summed E-state index contributed by atoms with van der Waals surface area (Å²) in [4.78, 5) is 10.2. The summed E-state index contributed by atoms with van der Waals surface area (Å²) < 4.78 is 5.56. The zero-order chi connectivity index (χ0) is 12.1. The summed E-state index contributed by atoms with van der Waals surface area (Å²) in [5.74, 6) is 0.665. The molecule has 0 aromatic heterocycles. The zero-order valence-corrected chi connectivity index (χ0v) is 9.64. The van der Waals surface area contributed by atoms with Crippen molar-refractivity contribution in [1.29, 1.82) is 0 Å². The molecule has 0 fully saturated rings. The van der Waals surface area contributed by atoms with Crippen molar-refractivity contribution in [2.24, 2.45) is 0 Å². The molecule has 0 aliphatic carbocycles. The number of benzene rings is 1. The largest absolute Gasteiger partial charge is 0.490 e. The van der Waals surface area contributed by atoms with Crippen molar-refractivity contribution in [1.82, 2.24) is 0 Å². The second-order valence-corrected chi connectivity index (χ2v) is 3.65. The topological polar surface area (TPSA) is 52.4 Å².